The zero-order valence-electron chi connectivity index (χ0n) is 17.7. The summed E-state index contributed by atoms with van der Waals surface area (Å²) in [6, 6.07) is 13.0. The van der Waals surface area contributed by atoms with Crippen LogP contribution in [0.3, 0.4) is 0 Å². The van der Waals surface area contributed by atoms with Crippen molar-refractivity contribution in [2.24, 2.45) is 0 Å². The largest absolute Gasteiger partial charge is 0.507 e. The van der Waals surface area contributed by atoms with E-state index >= 15 is 0 Å². The molecule has 3 aromatic rings. The van der Waals surface area contributed by atoms with Gasteiger partial charge in [-0.15, -0.1) is 0 Å². The van der Waals surface area contributed by atoms with Crippen LogP contribution in [0.2, 0.25) is 0 Å². The number of aromatic nitrogens is 1. The van der Waals surface area contributed by atoms with Crippen molar-refractivity contribution in [3.8, 4) is 17.2 Å². The number of halogens is 2. The number of ether oxygens (including phenoxy) is 1. The molecule has 5 nitrogen and oxygen atoms in total. The second-order valence-electron chi connectivity index (χ2n) is 7.58. The maximum atomic E-state index is 10.9. The molecule has 0 bridgehead atoms. The van der Waals surface area contributed by atoms with Gasteiger partial charge in [-0.25, -0.2) is 0 Å². The van der Waals surface area contributed by atoms with Gasteiger partial charge in [0.1, 0.15) is 11.5 Å². The summed E-state index contributed by atoms with van der Waals surface area (Å²) in [6.45, 7) is 4.02. The van der Waals surface area contributed by atoms with Crippen molar-refractivity contribution in [2.45, 2.75) is 32.6 Å². The molecule has 7 heteroatoms. The monoisotopic (exact) mass is 559 g/mol. The number of pyridine rings is 1. The lowest BCUT2D eigenvalue weighted by atomic mass is 9.98. The van der Waals surface area contributed by atoms with Gasteiger partial charge in [0.2, 0.25) is 0 Å². The van der Waals surface area contributed by atoms with Crippen LogP contribution in [0.5, 0.6) is 17.2 Å². The third-order valence-electron chi connectivity index (χ3n) is 4.79. The Labute approximate surface area is 204 Å². The Morgan fingerprint density at radius 2 is 1.84 bits per heavy atom. The Morgan fingerprint density at radius 3 is 2.44 bits per heavy atom. The topological polar surface area (TPSA) is 79.7 Å². The van der Waals surface area contributed by atoms with Crippen molar-refractivity contribution in [3.05, 3.63) is 80.0 Å². The van der Waals surface area contributed by atoms with Gasteiger partial charge in [-0.05, 0) is 98.3 Å². The maximum Gasteiger partial charge on any atom is 0.303 e. The quantitative estimate of drug-likeness (QED) is 0.300. The molecule has 0 amide bonds. The fourth-order valence-corrected chi connectivity index (χ4v) is 4.59. The summed E-state index contributed by atoms with van der Waals surface area (Å²) < 4.78 is 7.60. The minimum Gasteiger partial charge on any atom is -0.507 e. The van der Waals surface area contributed by atoms with Crippen LogP contribution in [-0.2, 0) is 11.2 Å². The molecular weight excluding hydrogens is 538 g/mol. The molecule has 3 rings (SSSR count). The van der Waals surface area contributed by atoms with E-state index in [0.29, 0.717) is 32.4 Å². The first-order chi connectivity index (χ1) is 15.2. The summed E-state index contributed by atoms with van der Waals surface area (Å²) in [5.41, 5.74) is 3.06. The van der Waals surface area contributed by atoms with Crippen molar-refractivity contribution < 1.29 is 19.7 Å². The second kappa shape index (κ2) is 10.8. The number of aryl methyl sites for hydroxylation is 1. The summed E-state index contributed by atoms with van der Waals surface area (Å²) in [6.07, 6.45) is 5.85. The predicted molar refractivity (Wildman–Crippen MR) is 133 cm³/mol. The van der Waals surface area contributed by atoms with Gasteiger partial charge in [0.25, 0.3) is 0 Å². The highest BCUT2D eigenvalue weighted by Gasteiger charge is 2.16. The lowest BCUT2D eigenvalue weighted by Gasteiger charge is -2.16. The first kappa shape index (κ1) is 24.0. The van der Waals surface area contributed by atoms with E-state index in [4.69, 9.17) is 9.84 Å². The van der Waals surface area contributed by atoms with Crippen LogP contribution in [0, 0.1) is 0 Å². The van der Waals surface area contributed by atoms with Crippen molar-refractivity contribution in [3.63, 3.8) is 0 Å². The summed E-state index contributed by atoms with van der Waals surface area (Å²) in [7, 11) is 0. The number of phenolic OH excluding ortho intramolecular Hbond substituents is 1. The standard InChI is InChI=1S/C25H23Br2NO4/c1-15(2)20-14-19(13-17(24(20)31)7-8-18-5-3-4-10-28-18)32-25-21(26)11-16(12-22(25)27)6-9-23(29)30/h3-5,7-8,10-15,31H,6,9H2,1-2H3,(H,29,30)/b8-7+. The van der Waals surface area contributed by atoms with Gasteiger partial charge in [0.05, 0.1) is 14.6 Å². The number of benzene rings is 2. The van der Waals surface area contributed by atoms with E-state index in [-0.39, 0.29) is 18.1 Å². The first-order valence-electron chi connectivity index (χ1n) is 10.1. The Kier molecular flexibility index (Phi) is 8.10. The summed E-state index contributed by atoms with van der Waals surface area (Å²) in [5, 5.41) is 19.7. The molecule has 0 aliphatic rings. The molecule has 0 saturated carbocycles. The molecule has 0 radical (unpaired) electrons. The molecule has 0 saturated heterocycles. The first-order valence-corrected chi connectivity index (χ1v) is 11.7. The molecule has 1 aromatic heterocycles. The van der Waals surface area contributed by atoms with Crippen LogP contribution in [0.15, 0.2) is 57.6 Å². The highest BCUT2D eigenvalue weighted by molar-refractivity contribution is 9.11. The smallest absolute Gasteiger partial charge is 0.303 e. The molecule has 0 aliphatic carbocycles. The van der Waals surface area contributed by atoms with Crippen LogP contribution in [0.1, 0.15) is 48.6 Å². The fourth-order valence-electron chi connectivity index (χ4n) is 3.15. The molecule has 2 N–H and O–H groups in total. The van der Waals surface area contributed by atoms with Crippen molar-refractivity contribution in [2.75, 3.05) is 0 Å². The van der Waals surface area contributed by atoms with Gasteiger partial charge < -0.3 is 14.9 Å². The molecule has 32 heavy (non-hydrogen) atoms. The lowest BCUT2D eigenvalue weighted by molar-refractivity contribution is -0.136. The van der Waals surface area contributed by atoms with Gasteiger partial charge in [-0.1, -0.05) is 19.9 Å². The summed E-state index contributed by atoms with van der Waals surface area (Å²) in [5.74, 6) is 0.609. The minimum atomic E-state index is -0.839. The maximum absolute atomic E-state index is 10.9. The van der Waals surface area contributed by atoms with E-state index in [0.717, 1.165) is 16.8 Å². The SMILES string of the molecule is CC(C)c1cc(Oc2c(Br)cc(CCC(=O)O)cc2Br)cc(/C=C/c2ccccn2)c1O. The van der Waals surface area contributed by atoms with Crippen LogP contribution < -0.4 is 4.74 Å². The third-order valence-corrected chi connectivity index (χ3v) is 5.97. The van der Waals surface area contributed by atoms with Gasteiger partial charge in [0, 0.05) is 23.7 Å². The van der Waals surface area contributed by atoms with Gasteiger partial charge in [-0.2, -0.15) is 0 Å². The van der Waals surface area contributed by atoms with Crippen LogP contribution in [-0.4, -0.2) is 21.2 Å². The van der Waals surface area contributed by atoms with Gasteiger partial charge in [0.15, 0.2) is 5.75 Å². The number of carboxylic acid groups (broad SMARTS) is 1. The molecular formula is C25H23Br2NO4. The molecule has 0 spiro atoms. The van der Waals surface area contributed by atoms with Crippen molar-refractivity contribution in [1.29, 1.82) is 0 Å². The normalized spacial score (nSPS) is 11.3. The molecule has 0 unspecified atom stereocenters. The highest BCUT2D eigenvalue weighted by atomic mass is 79.9. The molecule has 0 atom stereocenters. The van der Waals surface area contributed by atoms with Gasteiger partial charge in [-0.3, -0.25) is 9.78 Å². The average Bonchev–Trinajstić information content (AvgIpc) is 2.75. The van der Waals surface area contributed by atoms with Crippen molar-refractivity contribution in [1.82, 2.24) is 4.98 Å². The second-order valence-corrected chi connectivity index (χ2v) is 9.29. The fraction of sp³-hybridized carbons (Fsp3) is 0.200. The number of rotatable bonds is 8. The minimum absolute atomic E-state index is 0.0563. The van der Waals surface area contributed by atoms with E-state index < -0.39 is 5.97 Å². The number of aromatic hydroxyl groups is 1. The van der Waals surface area contributed by atoms with E-state index in [1.807, 2.05) is 62.4 Å². The molecule has 0 aliphatic heterocycles. The Balaban J connectivity index is 1.95. The Hall–Kier alpha value is -2.64. The number of carboxylic acids is 1. The summed E-state index contributed by atoms with van der Waals surface area (Å²) >= 11 is 7.06. The number of nitrogens with zero attached hydrogens (tertiary/aromatic N) is 1. The number of phenols is 1. The molecule has 2 aromatic carbocycles. The van der Waals surface area contributed by atoms with Crippen molar-refractivity contribution >= 4 is 50.0 Å². The predicted octanol–water partition coefficient (Wildman–Crippen LogP) is 7.42. The van der Waals surface area contributed by atoms with Crippen LogP contribution in [0.4, 0.5) is 0 Å². The summed E-state index contributed by atoms with van der Waals surface area (Å²) in [4.78, 5) is 15.1. The Bertz CT molecular complexity index is 1120. The third kappa shape index (κ3) is 6.20. The van der Waals surface area contributed by atoms with Crippen LogP contribution in [0.25, 0.3) is 12.2 Å². The zero-order chi connectivity index (χ0) is 23.3. The number of aliphatic carboxylic acids is 1. The van der Waals surface area contributed by atoms with E-state index in [1.54, 1.807) is 12.3 Å². The molecule has 1 heterocycles. The van der Waals surface area contributed by atoms with Crippen LogP contribution >= 0.6 is 31.9 Å². The lowest BCUT2D eigenvalue weighted by Crippen LogP contribution is -1.98. The molecule has 0 fully saturated rings. The number of hydrogen-bond donors (Lipinski definition) is 2. The average molecular weight is 561 g/mol. The Morgan fingerprint density at radius 1 is 1.12 bits per heavy atom. The zero-order valence-corrected chi connectivity index (χ0v) is 20.9. The number of carbonyl (C=O) groups is 1. The van der Waals surface area contributed by atoms with Gasteiger partial charge >= 0.3 is 5.97 Å². The number of hydrogen-bond acceptors (Lipinski definition) is 4. The van der Waals surface area contributed by atoms with E-state index in [1.165, 1.54) is 0 Å². The highest BCUT2D eigenvalue weighted by Crippen LogP contribution is 2.41. The van der Waals surface area contributed by atoms with E-state index in [9.17, 15) is 9.90 Å². The molecule has 166 valence electrons. The van der Waals surface area contributed by atoms with E-state index in [2.05, 4.69) is 36.8 Å².